The number of carboxylic acid groups (broad SMARTS) is 1. The van der Waals surface area contributed by atoms with Crippen molar-refractivity contribution in [2.45, 2.75) is 13.8 Å². The number of Topliss-reactive ketones (excluding diaryl/α,β-unsaturated/α-hetero) is 1. The van der Waals surface area contributed by atoms with Crippen LogP contribution in [0.2, 0.25) is 0 Å². The molecular weight excluding hydrogens is 160 g/mol. The first-order valence-corrected chi connectivity index (χ1v) is 3.21. The SMILES string of the molecule is C=C(O)/C(C(=O)O)=C(\C)C(C)=O. The first-order chi connectivity index (χ1) is 5.37. The van der Waals surface area contributed by atoms with Crippen LogP contribution in [0.5, 0.6) is 0 Å². The lowest BCUT2D eigenvalue weighted by Gasteiger charge is -2.02. The maximum absolute atomic E-state index is 10.7. The van der Waals surface area contributed by atoms with Crippen molar-refractivity contribution in [2.75, 3.05) is 0 Å². The quantitative estimate of drug-likeness (QED) is 0.377. The standard InChI is InChI=1S/C8H10O4/c1-4(5(2)9)7(6(3)10)8(11)12/h10H,3H2,1-2H3,(H,11,12)/b7-4-. The van der Waals surface area contributed by atoms with Crippen molar-refractivity contribution in [1.29, 1.82) is 0 Å². The van der Waals surface area contributed by atoms with Gasteiger partial charge in [-0.2, -0.15) is 0 Å². The van der Waals surface area contributed by atoms with Crippen LogP contribution in [0.1, 0.15) is 13.8 Å². The molecule has 0 fully saturated rings. The molecule has 0 atom stereocenters. The van der Waals surface area contributed by atoms with Gasteiger partial charge in [0.05, 0.1) is 0 Å². The molecular formula is C8H10O4. The largest absolute Gasteiger partial charge is 0.508 e. The van der Waals surface area contributed by atoms with Crippen molar-refractivity contribution in [1.82, 2.24) is 0 Å². The minimum absolute atomic E-state index is 0.00463. The van der Waals surface area contributed by atoms with Gasteiger partial charge < -0.3 is 10.2 Å². The number of aliphatic hydroxyl groups is 1. The van der Waals surface area contributed by atoms with Gasteiger partial charge in [0.1, 0.15) is 11.3 Å². The second kappa shape index (κ2) is 3.71. The van der Waals surface area contributed by atoms with Crippen molar-refractivity contribution in [3.8, 4) is 0 Å². The fourth-order valence-electron chi connectivity index (χ4n) is 0.676. The normalized spacial score (nSPS) is 11.8. The van der Waals surface area contributed by atoms with Crippen LogP contribution >= 0.6 is 0 Å². The lowest BCUT2D eigenvalue weighted by Crippen LogP contribution is -2.09. The number of hydrogen-bond acceptors (Lipinski definition) is 3. The number of carboxylic acids is 1. The third-order valence-electron chi connectivity index (χ3n) is 1.41. The predicted molar refractivity (Wildman–Crippen MR) is 42.8 cm³/mol. The van der Waals surface area contributed by atoms with Gasteiger partial charge in [-0.25, -0.2) is 4.79 Å². The summed E-state index contributed by atoms with van der Waals surface area (Å²) in [6.45, 7) is 5.59. The van der Waals surface area contributed by atoms with Gasteiger partial charge in [0.25, 0.3) is 0 Å². The Kier molecular flexibility index (Phi) is 3.22. The van der Waals surface area contributed by atoms with E-state index in [1.54, 1.807) is 0 Å². The highest BCUT2D eigenvalue weighted by molar-refractivity contribution is 6.03. The Labute approximate surface area is 69.8 Å². The Balaban J connectivity index is 5.23. The average molecular weight is 170 g/mol. The predicted octanol–water partition coefficient (Wildman–Crippen LogP) is 1.05. The van der Waals surface area contributed by atoms with Crippen molar-refractivity contribution in [2.24, 2.45) is 0 Å². The molecule has 2 N–H and O–H groups in total. The summed E-state index contributed by atoms with van der Waals surface area (Å²) in [6, 6.07) is 0. The summed E-state index contributed by atoms with van der Waals surface area (Å²) in [5.41, 5.74) is -0.433. The summed E-state index contributed by atoms with van der Waals surface area (Å²) in [7, 11) is 0. The maximum Gasteiger partial charge on any atom is 0.339 e. The number of aliphatic carboxylic acids is 1. The van der Waals surface area contributed by atoms with Crippen molar-refractivity contribution >= 4 is 11.8 Å². The van der Waals surface area contributed by atoms with E-state index in [2.05, 4.69) is 6.58 Å². The van der Waals surface area contributed by atoms with Gasteiger partial charge in [-0.3, -0.25) is 4.79 Å². The van der Waals surface area contributed by atoms with E-state index in [9.17, 15) is 9.59 Å². The number of allylic oxidation sites excluding steroid dienone is 1. The lowest BCUT2D eigenvalue weighted by atomic mass is 10.1. The van der Waals surface area contributed by atoms with Crippen LogP contribution in [-0.2, 0) is 9.59 Å². The van der Waals surface area contributed by atoms with E-state index in [0.717, 1.165) is 0 Å². The zero-order valence-corrected chi connectivity index (χ0v) is 6.92. The van der Waals surface area contributed by atoms with Crippen molar-refractivity contribution in [3.63, 3.8) is 0 Å². The number of rotatable bonds is 3. The Morgan fingerprint density at radius 3 is 1.67 bits per heavy atom. The number of aliphatic hydroxyl groups excluding tert-OH is 1. The van der Waals surface area contributed by atoms with Gasteiger partial charge in [-0.15, -0.1) is 0 Å². The summed E-state index contributed by atoms with van der Waals surface area (Å²) in [6.07, 6.45) is 0. The minimum atomic E-state index is -1.35. The molecule has 0 rings (SSSR count). The molecule has 0 saturated carbocycles. The van der Waals surface area contributed by atoms with Crippen molar-refractivity contribution in [3.05, 3.63) is 23.5 Å². The molecule has 0 radical (unpaired) electrons. The summed E-state index contributed by atoms with van der Waals surface area (Å²) < 4.78 is 0. The Morgan fingerprint density at radius 2 is 1.58 bits per heavy atom. The van der Waals surface area contributed by atoms with Crippen molar-refractivity contribution < 1.29 is 19.8 Å². The zero-order chi connectivity index (χ0) is 9.89. The molecule has 0 aliphatic heterocycles. The highest BCUT2D eigenvalue weighted by Gasteiger charge is 2.16. The van der Waals surface area contributed by atoms with Crippen LogP contribution in [-0.4, -0.2) is 22.0 Å². The maximum atomic E-state index is 10.7. The van der Waals surface area contributed by atoms with Crippen LogP contribution in [0.3, 0.4) is 0 Å². The van der Waals surface area contributed by atoms with E-state index in [1.165, 1.54) is 13.8 Å². The van der Waals surface area contributed by atoms with Gasteiger partial charge >= 0.3 is 5.97 Å². The Morgan fingerprint density at radius 1 is 1.17 bits per heavy atom. The molecule has 0 spiro atoms. The zero-order valence-electron chi connectivity index (χ0n) is 6.92. The molecule has 66 valence electrons. The molecule has 0 unspecified atom stereocenters. The summed E-state index contributed by atoms with van der Waals surface area (Å²) >= 11 is 0. The second-order valence-electron chi connectivity index (χ2n) is 2.31. The third kappa shape index (κ3) is 2.23. The van der Waals surface area contributed by atoms with Crippen LogP contribution in [0, 0.1) is 0 Å². The second-order valence-corrected chi connectivity index (χ2v) is 2.31. The number of carbonyl (C=O) groups excluding carboxylic acids is 1. The molecule has 0 bridgehead atoms. The van der Waals surface area contributed by atoms with Gasteiger partial charge in [0.15, 0.2) is 5.78 Å². The van der Waals surface area contributed by atoms with Gasteiger partial charge in [-0.1, -0.05) is 6.58 Å². The molecule has 0 aromatic heterocycles. The molecule has 0 saturated heterocycles. The van der Waals surface area contributed by atoms with Crippen LogP contribution < -0.4 is 0 Å². The fraction of sp³-hybridized carbons (Fsp3) is 0.250. The molecule has 0 aliphatic rings. The average Bonchev–Trinajstić information content (AvgIpc) is 1.85. The topological polar surface area (TPSA) is 74.6 Å². The molecule has 12 heavy (non-hydrogen) atoms. The van der Waals surface area contributed by atoms with Gasteiger partial charge in [-0.05, 0) is 13.8 Å². The lowest BCUT2D eigenvalue weighted by molar-refractivity contribution is -0.133. The van der Waals surface area contributed by atoms with E-state index in [4.69, 9.17) is 10.2 Å². The van der Waals surface area contributed by atoms with E-state index in [-0.39, 0.29) is 5.57 Å². The monoisotopic (exact) mass is 170 g/mol. The first kappa shape index (κ1) is 10.4. The van der Waals surface area contributed by atoms with Crippen LogP contribution in [0.4, 0.5) is 0 Å². The van der Waals surface area contributed by atoms with Gasteiger partial charge in [0.2, 0.25) is 0 Å². The summed E-state index contributed by atoms with van der Waals surface area (Å²) in [5, 5.41) is 17.3. The van der Waals surface area contributed by atoms with Crippen LogP contribution in [0.15, 0.2) is 23.5 Å². The Bertz CT molecular complexity index is 257. The molecule has 0 aliphatic carbocycles. The molecule has 0 aromatic carbocycles. The number of carbonyl (C=O) groups is 2. The van der Waals surface area contributed by atoms with Gasteiger partial charge in [0, 0.05) is 5.57 Å². The molecule has 0 amide bonds. The van der Waals surface area contributed by atoms with E-state index in [1.807, 2.05) is 0 Å². The Hall–Kier alpha value is -1.58. The molecule has 4 heteroatoms. The first-order valence-electron chi connectivity index (χ1n) is 3.21. The number of ketones is 1. The highest BCUT2D eigenvalue weighted by atomic mass is 16.4. The number of hydrogen-bond donors (Lipinski definition) is 2. The fourth-order valence-corrected chi connectivity index (χ4v) is 0.676. The smallest absolute Gasteiger partial charge is 0.339 e. The summed E-state index contributed by atoms with van der Waals surface area (Å²) in [4.78, 5) is 21.2. The van der Waals surface area contributed by atoms with E-state index < -0.39 is 23.1 Å². The van der Waals surface area contributed by atoms with E-state index >= 15 is 0 Å². The highest BCUT2D eigenvalue weighted by Crippen LogP contribution is 2.11. The van der Waals surface area contributed by atoms with Crippen LogP contribution in [0.25, 0.3) is 0 Å². The summed E-state index contributed by atoms with van der Waals surface area (Å²) in [5.74, 6) is -2.35. The molecule has 0 heterocycles. The third-order valence-corrected chi connectivity index (χ3v) is 1.41. The molecule has 0 aromatic rings. The van der Waals surface area contributed by atoms with E-state index in [0.29, 0.717) is 0 Å². The minimum Gasteiger partial charge on any atom is -0.508 e. The molecule has 4 nitrogen and oxygen atoms in total.